The monoisotopic (exact) mass is 390 g/mol. The maximum Gasteiger partial charge on any atom is 0.336 e. The largest absolute Gasteiger partial charge is 0.493 e. The predicted octanol–water partition coefficient (Wildman–Crippen LogP) is 3.06. The molecule has 1 aliphatic heterocycles. The lowest BCUT2D eigenvalue weighted by molar-refractivity contribution is -0.0526. The number of hydrogen-bond acceptors (Lipinski definition) is 7. The molecule has 3 atom stereocenters. The van der Waals surface area contributed by atoms with Gasteiger partial charge in [0.1, 0.15) is 12.7 Å². The van der Waals surface area contributed by atoms with Crippen LogP contribution in [0, 0.1) is 0 Å². The second-order valence-electron chi connectivity index (χ2n) is 7.39. The molecule has 7 heteroatoms. The van der Waals surface area contributed by atoms with Gasteiger partial charge in [-0.2, -0.15) is 0 Å². The molecule has 0 radical (unpaired) electrons. The number of methoxy groups -OCH3 is 2. The molecule has 2 aromatic rings. The number of ether oxygens (including phenoxy) is 4. The van der Waals surface area contributed by atoms with Gasteiger partial charge in [0, 0.05) is 17.9 Å². The highest BCUT2D eigenvalue weighted by atomic mass is 16.6. The number of aliphatic hydroxyl groups is 1. The minimum atomic E-state index is -1.04. The standard InChI is InChI=1S/C21H26O7/c1-12(2)8-14-10-21(3,23)16(27-14)11-26-19-15(24-4)9-13-6-7-17(22)28-18(13)20(19)25-5/h6-9,14,16,23H,10-11H2,1-5H3/t14-,16+,21-/m0/s1. The average Bonchev–Trinajstić information content (AvgIpc) is 2.90. The van der Waals surface area contributed by atoms with Crippen molar-refractivity contribution in [1.82, 2.24) is 0 Å². The van der Waals surface area contributed by atoms with Gasteiger partial charge in [0.2, 0.25) is 11.5 Å². The zero-order valence-corrected chi connectivity index (χ0v) is 16.8. The first-order valence-corrected chi connectivity index (χ1v) is 9.09. The Labute approximate surface area is 163 Å². The van der Waals surface area contributed by atoms with E-state index < -0.39 is 17.3 Å². The van der Waals surface area contributed by atoms with Crippen molar-refractivity contribution >= 4 is 11.0 Å². The van der Waals surface area contributed by atoms with Crippen LogP contribution in [0.3, 0.4) is 0 Å². The van der Waals surface area contributed by atoms with Crippen molar-refractivity contribution in [1.29, 1.82) is 0 Å². The molecule has 152 valence electrons. The lowest BCUT2D eigenvalue weighted by atomic mass is 9.96. The van der Waals surface area contributed by atoms with Crippen molar-refractivity contribution in [2.75, 3.05) is 20.8 Å². The van der Waals surface area contributed by atoms with E-state index in [9.17, 15) is 9.90 Å². The van der Waals surface area contributed by atoms with Crippen molar-refractivity contribution < 1.29 is 28.5 Å². The zero-order chi connectivity index (χ0) is 20.5. The van der Waals surface area contributed by atoms with E-state index in [0.717, 1.165) is 5.57 Å². The van der Waals surface area contributed by atoms with Crippen LogP contribution in [0.2, 0.25) is 0 Å². The molecule has 0 aliphatic carbocycles. The van der Waals surface area contributed by atoms with Gasteiger partial charge in [0.25, 0.3) is 0 Å². The Balaban J connectivity index is 1.91. The first kappa shape index (κ1) is 20.2. The minimum absolute atomic E-state index is 0.0788. The second-order valence-corrected chi connectivity index (χ2v) is 7.39. The van der Waals surface area contributed by atoms with E-state index in [1.54, 1.807) is 19.1 Å². The molecule has 0 amide bonds. The van der Waals surface area contributed by atoms with Crippen LogP contribution in [0.15, 0.2) is 39.1 Å². The summed E-state index contributed by atoms with van der Waals surface area (Å²) in [7, 11) is 2.97. The minimum Gasteiger partial charge on any atom is -0.493 e. The summed E-state index contributed by atoms with van der Waals surface area (Å²) in [4.78, 5) is 11.6. The first-order chi connectivity index (χ1) is 13.2. The molecule has 0 saturated carbocycles. The van der Waals surface area contributed by atoms with Crippen molar-refractivity contribution in [2.24, 2.45) is 0 Å². The first-order valence-electron chi connectivity index (χ1n) is 9.09. The van der Waals surface area contributed by atoms with Crippen LogP contribution in [0.1, 0.15) is 27.2 Å². The summed E-state index contributed by atoms with van der Waals surface area (Å²) in [6, 6.07) is 4.66. The van der Waals surface area contributed by atoms with Crippen LogP contribution < -0.4 is 19.8 Å². The Hall–Kier alpha value is -2.51. The number of hydrogen-bond donors (Lipinski definition) is 1. The smallest absolute Gasteiger partial charge is 0.336 e. The molecular formula is C21H26O7. The Morgan fingerprint density at radius 3 is 2.68 bits per heavy atom. The van der Waals surface area contributed by atoms with E-state index in [0.29, 0.717) is 17.6 Å². The fourth-order valence-corrected chi connectivity index (χ4v) is 3.41. The number of allylic oxidation sites excluding steroid dienone is 1. The van der Waals surface area contributed by atoms with Crippen molar-refractivity contribution in [3.05, 3.63) is 40.3 Å². The molecule has 0 bridgehead atoms. The van der Waals surface area contributed by atoms with Gasteiger partial charge in [0.15, 0.2) is 11.3 Å². The highest BCUT2D eigenvalue weighted by Crippen LogP contribution is 2.43. The molecule has 28 heavy (non-hydrogen) atoms. The molecule has 0 spiro atoms. The average molecular weight is 390 g/mol. The van der Waals surface area contributed by atoms with Crippen LogP contribution in [0.25, 0.3) is 11.0 Å². The SMILES string of the molecule is COc1cc2ccc(=O)oc2c(OC)c1OC[C@H]1O[C@@H](C=C(C)C)C[C@]1(C)O. The normalized spacial score (nSPS) is 24.2. The van der Waals surface area contributed by atoms with E-state index in [1.807, 2.05) is 19.9 Å². The van der Waals surface area contributed by atoms with E-state index in [-0.39, 0.29) is 29.8 Å². The third-order valence-corrected chi connectivity index (χ3v) is 4.76. The van der Waals surface area contributed by atoms with Gasteiger partial charge in [-0.1, -0.05) is 11.6 Å². The molecule has 3 rings (SSSR count). The summed E-state index contributed by atoms with van der Waals surface area (Å²) in [5.74, 6) is 0.971. The molecule has 0 unspecified atom stereocenters. The molecule has 1 saturated heterocycles. The third-order valence-electron chi connectivity index (χ3n) is 4.76. The maximum atomic E-state index is 11.6. The molecule has 7 nitrogen and oxygen atoms in total. The lowest BCUT2D eigenvalue weighted by Gasteiger charge is -2.24. The van der Waals surface area contributed by atoms with Gasteiger partial charge < -0.3 is 28.5 Å². The van der Waals surface area contributed by atoms with Gasteiger partial charge in [-0.3, -0.25) is 0 Å². The van der Waals surface area contributed by atoms with Gasteiger partial charge in [-0.15, -0.1) is 0 Å². The summed E-state index contributed by atoms with van der Waals surface area (Å²) in [6.07, 6.45) is 1.75. The van der Waals surface area contributed by atoms with E-state index >= 15 is 0 Å². The maximum absolute atomic E-state index is 11.6. The molecule has 2 heterocycles. The fourth-order valence-electron chi connectivity index (χ4n) is 3.41. The molecular weight excluding hydrogens is 364 g/mol. The van der Waals surface area contributed by atoms with E-state index in [4.69, 9.17) is 23.4 Å². The van der Waals surface area contributed by atoms with Crippen molar-refractivity contribution in [2.45, 2.75) is 45.0 Å². The van der Waals surface area contributed by atoms with Gasteiger partial charge >= 0.3 is 5.63 Å². The highest BCUT2D eigenvalue weighted by molar-refractivity contribution is 5.88. The molecule has 1 fully saturated rings. The fraction of sp³-hybridized carbons (Fsp3) is 0.476. The Bertz CT molecular complexity index is 938. The van der Waals surface area contributed by atoms with Crippen molar-refractivity contribution in [3.63, 3.8) is 0 Å². The summed E-state index contributed by atoms with van der Waals surface area (Å²) in [5, 5.41) is 11.4. The number of benzene rings is 1. The van der Waals surface area contributed by atoms with Crippen LogP contribution in [-0.4, -0.2) is 43.7 Å². The van der Waals surface area contributed by atoms with Gasteiger partial charge in [0.05, 0.1) is 25.9 Å². The topological polar surface area (TPSA) is 87.4 Å². The molecule has 1 aliphatic rings. The summed E-state index contributed by atoms with van der Waals surface area (Å²) in [6.45, 7) is 5.78. The number of rotatable bonds is 6. The molecule has 1 aromatic heterocycles. The van der Waals surface area contributed by atoms with Crippen LogP contribution >= 0.6 is 0 Å². The molecule has 1 N–H and O–H groups in total. The third kappa shape index (κ3) is 4.00. The Morgan fingerprint density at radius 1 is 1.29 bits per heavy atom. The zero-order valence-electron chi connectivity index (χ0n) is 16.8. The quantitative estimate of drug-likeness (QED) is 0.599. The van der Waals surface area contributed by atoms with E-state index in [2.05, 4.69) is 0 Å². The highest BCUT2D eigenvalue weighted by Gasteiger charge is 2.43. The lowest BCUT2D eigenvalue weighted by Crippen LogP contribution is -2.39. The van der Waals surface area contributed by atoms with E-state index in [1.165, 1.54) is 20.3 Å². The summed E-state index contributed by atoms with van der Waals surface area (Å²) < 4.78 is 28.1. The number of fused-ring (bicyclic) bond motifs is 1. The predicted molar refractivity (Wildman–Crippen MR) is 104 cm³/mol. The Kier molecular flexibility index (Phi) is 5.67. The summed E-state index contributed by atoms with van der Waals surface area (Å²) in [5.41, 5.74) is -0.142. The van der Waals surface area contributed by atoms with Crippen LogP contribution in [0.4, 0.5) is 0 Å². The van der Waals surface area contributed by atoms with Crippen molar-refractivity contribution in [3.8, 4) is 17.2 Å². The van der Waals surface area contributed by atoms with Crippen LogP contribution in [0.5, 0.6) is 17.2 Å². The Morgan fingerprint density at radius 2 is 2.04 bits per heavy atom. The summed E-state index contributed by atoms with van der Waals surface area (Å²) >= 11 is 0. The van der Waals surface area contributed by atoms with Gasteiger partial charge in [-0.25, -0.2) is 4.79 Å². The molecule has 1 aromatic carbocycles. The van der Waals surface area contributed by atoms with Gasteiger partial charge in [-0.05, 0) is 32.9 Å². The van der Waals surface area contributed by atoms with Crippen LogP contribution in [-0.2, 0) is 4.74 Å². The second kappa shape index (κ2) is 7.85.